The zero-order chi connectivity index (χ0) is 21.3. The van der Waals surface area contributed by atoms with Gasteiger partial charge in [-0.05, 0) is 80.2 Å². The highest BCUT2D eigenvalue weighted by Gasteiger charge is 2.12. The third-order valence-corrected chi connectivity index (χ3v) is 4.75. The molecule has 0 fully saturated rings. The van der Waals surface area contributed by atoms with E-state index in [1.807, 2.05) is 26.0 Å². The van der Waals surface area contributed by atoms with Gasteiger partial charge in [0, 0.05) is 11.3 Å². The van der Waals surface area contributed by atoms with E-state index in [4.69, 9.17) is 12.2 Å². The minimum atomic E-state index is -0.321. The fraction of sp³-hybridized carbons (Fsp3) is 0.0909. The average molecular weight is 419 g/mol. The third kappa shape index (κ3) is 4.18. The van der Waals surface area contributed by atoms with Gasteiger partial charge in [-0.2, -0.15) is 4.80 Å². The zero-order valence-electron chi connectivity index (χ0n) is 16.3. The van der Waals surface area contributed by atoms with Gasteiger partial charge in [0.1, 0.15) is 16.9 Å². The number of amides is 1. The highest BCUT2D eigenvalue weighted by Crippen LogP contribution is 2.18. The predicted molar refractivity (Wildman–Crippen MR) is 118 cm³/mol. The van der Waals surface area contributed by atoms with Gasteiger partial charge in [-0.25, -0.2) is 4.39 Å². The molecule has 0 aliphatic carbocycles. The quantitative estimate of drug-likeness (QED) is 0.485. The van der Waals surface area contributed by atoms with Crippen molar-refractivity contribution in [2.75, 3.05) is 5.32 Å². The number of fused-ring (bicyclic) bond motifs is 1. The summed E-state index contributed by atoms with van der Waals surface area (Å²) in [5, 5.41) is 14.7. The van der Waals surface area contributed by atoms with Gasteiger partial charge >= 0.3 is 0 Å². The van der Waals surface area contributed by atoms with E-state index in [2.05, 4.69) is 20.8 Å². The first-order valence-corrected chi connectivity index (χ1v) is 9.62. The maximum absolute atomic E-state index is 13.1. The molecule has 4 rings (SSSR count). The van der Waals surface area contributed by atoms with Gasteiger partial charge < -0.3 is 5.32 Å². The lowest BCUT2D eigenvalue weighted by Gasteiger charge is -2.11. The first kappa shape index (κ1) is 19.7. The Morgan fingerprint density at radius 1 is 0.967 bits per heavy atom. The molecule has 0 aliphatic rings. The second kappa shape index (κ2) is 8.00. The summed E-state index contributed by atoms with van der Waals surface area (Å²) in [5.41, 5.74) is 5.17. The summed E-state index contributed by atoms with van der Waals surface area (Å²) in [6.07, 6.45) is 0. The Morgan fingerprint density at radius 2 is 1.70 bits per heavy atom. The molecule has 30 heavy (non-hydrogen) atoms. The summed E-state index contributed by atoms with van der Waals surface area (Å²) in [6, 6.07) is 16.9. The van der Waals surface area contributed by atoms with Crippen LogP contribution in [0.25, 0.3) is 16.7 Å². The van der Waals surface area contributed by atoms with Crippen molar-refractivity contribution in [1.82, 2.24) is 20.3 Å². The van der Waals surface area contributed by atoms with Crippen LogP contribution < -0.4 is 10.6 Å². The van der Waals surface area contributed by atoms with Crippen LogP contribution in [-0.2, 0) is 0 Å². The third-order valence-electron chi connectivity index (χ3n) is 4.55. The molecule has 3 aromatic carbocycles. The number of hydrogen-bond acceptors (Lipinski definition) is 4. The second-order valence-corrected chi connectivity index (χ2v) is 7.30. The van der Waals surface area contributed by atoms with Gasteiger partial charge in [0.15, 0.2) is 5.11 Å². The number of nitrogens with one attached hydrogen (secondary N) is 2. The van der Waals surface area contributed by atoms with E-state index in [0.29, 0.717) is 28.0 Å². The normalized spacial score (nSPS) is 10.8. The van der Waals surface area contributed by atoms with Crippen molar-refractivity contribution in [3.63, 3.8) is 0 Å². The molecule has 6 nitrogen and oxygen atoms in total. The van der Waals surface area contributed by atoms with Crippen molar-refractivity contribution in [2.24, 2.45) is 0 Å². The number of aromatic nitrogens is 3. The molecule has 0 radical (unpaired) electrons. The Balaban J connectivity index is 1.48. The standard InChI is InChI=1S/C22H18FN5OS/c1-13-3-9-18(14(2)11-13)21(29)25-22(30)24-16-6-10-19-20(12-16)27-28(26-19)17-7-4-15(23)5-8-17/h3-12H,1-2H3,(H2,24,25,29,30). The van der Waals surface area contributed by atoms with Crippen LogP contribution in [0.4, 0.5) is 10.1 Å². The van der Waals surface area contributed by atoms with Gasteiger partial charge in [-0.1, -0.05) is 17.7 Å². The summed E-state index contributed by atoms with van der Waals surface area (Å²) in [5.74, 6) is -0.591. The number of carbonyl (C=O) groups is 1. The molecule has 1 heterocycles. The Labute approximate surface area is 177 Å². The van der Waals surface area contributed by atoms with Crippen molar-refractivity contribution in [1.29, 1.82) is 0 Å². The Kier molecular flexibility index (Phi) is 5.24. The number of benzene rings is 3. The molecule has 1 amide bonds. The molecule has 0 saturated heterocycles. The molecular weight excluding hydrogens is 401 g/mol. The van der Waals surface area contributed by atoms with Crippen LogP contribution in [0.1, 0.15) is 21.5 Å². The number of nitrogens with zero attached hydrogens (tertiary/aromatic N) is 3. The maximum Gasteiger partial charge on any atom is 0.257 e. The van der Waals surface area contributed by atoms with Crippen LogP contribution in [0, 0.1) is 19.7 Å². The average Bonchev–Trinajstić information content (AvgIpc) is 3.11. The van der Waals surface area contributed by atoms with Gasteiger partial charge in [-0.3, -0.25) is 10.1 Å². The molecule has 2 N–H and O–H groups in total. The Bertz CT molecular complexity index is 1270. The molecular formula is C22H18FN5OS. The summed E-state index contributed by atoms with van der Waals surface area (Å²) in [6.45, 7) is 3.86. The molecule has 8 heteroatoms. The number of aryl methyl sites for hydroxylation is 2. The number of anilines is 1. The van der Waals surface area contributed by atoms with Crippen LogP contribution in [0.5, 0.6) is 0 Å². The largest absolute Gasteiger partial charge is 0.332 e. The van der Waals surface area contributed by atoms with Gasteiger partial charge in [0.2, 0.25) is 0 Å². The smallest absolute Gasteiger partial charge is 0.257 e. The molecule has 150 valence electrons. The van der Waals surface area contributed by atoms with E-state index < -0.39 is 0 Å². The number of rotatable bonds is 3. The SMILES string of the molecule is Cc1ccc(C(=O)NC(=S)Nc2ccc3nn(-c4ccc(F)cc4)nc3c2)c(C)c1. The Morgan fingerprint density at radius 3 is 2.43 bits per heavy atom. The molecule has 0 bridgehead atoms. The summed E-state index contributed by atoms with van der Waals surface area (Å²) in [4.78, 5) is 13.9. The van der Waals surface area contributed by atoms with Crippen molar-refractivity contribution >= 4 is 40.0 Å². The minimum Gasteiger partial charge on any atom is -0.332 e. The highest BCUT2D eigenvalue weighted by molar-refractivity contribution is 7.80. The highest BCUT2D eigenvalue weighted by atomic mass is 32.1. The lowest BCUT2D eigenvalue weighted by molar-refractivity contribution is 0.0977. The maximum atomic E-state index is 13.1. The van der Waals surface area contributed by atoms with E-state index in [-0.39, 0.29) is 16.8 Å². The minimum absolute atomic E-state index is 0.185. The van der Waals surface area contributed by atoms with E-state index in [0.717, 1.165) is 11.1 Å². The van der Waals surface area contributed by atoms with Crippen molar-refractivity contribution in [3.05, 3.63) is 83.2 Å². The number of thiocarbonyl (C=S) groups is 1. The van der Waals surface area contributed by atoms with Gasteiger partial charge in [0.05, 0.1) is 5.69 Å². The molecule has 0 aliphatic heterocycles. The molecule has 0 atom stereocenters. The fourth-order valence-electron chi connectivity index (χ4n) is 3.08. The van der Waals surface area contributed by atoms with Crippen LogP contribution in [0.3, 0.4) is 0 Å². The first-order valence-electron chi connectivity index (χ1n) is 9.22. The molecule has 0 spiro atoms. The van der Waals surface area contributed by atoms with Crippen molar-refractivity contribution in [3.8, 4) is 5.69 Å². The van der Waals surface area contributed by atoms with Gasteiger partial charge in [-0.15, -0.1) is 10.2 Å². The first-order chi connectivity index (χ1) is 14.4. The van der Waals surface area contributed by atoms with Gasteiger partial charge in [0.25, 0.3) is 5.91 Å². The van der Waals surface area contributed by atoms with Crippen molar-refractivity contribution < 1.29 is 9.18 Å². The monoisotopic (exact) mass is 419 g/mol. The molecule has 0 saturated carbocycles. The topological polar surface area (TPSA) is 71.8 Å². The number of hydrogen-bond donors (Lipinski definition) is 2. The second-order valence-electron chi connectivity index (χ2n) is 6.90. The van der Waals surface area contributed by atoms with Crippen LogP contribution in [0.2, 0.25) is 0 Å². The van der Waals surface area contributed by atoms with Crippen molar-refractivity contribution in [2.45, 2.75) is 13.8 Å². The van der Waals surface area contributed by atoms with E-state index in [1.165, 1.54) is 16.9 Å². The summed E-state index contributed by atoms with van der Waals surface area (Å²) < 4.78 is 13.1. The van der Waals surface area contributed by atoms with Crippen LogP contribution >= 0.6 is 12.2 Å². The lowest BCUT2D eigenvalue weighted by Crippen LogP contribution is -2.34. The van der Waals surface area contributed by atoms with E-state index in [1.54, 1.807) is 36.4 Å². The number of carbonyl (C=O) groups excluding carboxylic acids is 1. The molecule has 1 aromatic heterocycles. The molecule has 4 aromatic rings. The van der Waals surface area contributed by atoms with E-state index in [9.17, 15) is 9.18 Å². The zero-order valence-corrected chi connectivity index (χ0v) is 17.1. The fourth-order valence-corrected chi connectivity index (χ4v) is 3.29. The van der Waals surface area contributed by atoms with Crippen LogP contribution in [-0.4, -0.2) is 26.0 Å². The molecule has 0 unspecified atom stereocenters. The summed E-state index contributed by atoms with van der Waals surface area (Å²) >= 11 is 5.28. The predicted octanol–water partition coefficient (Wildman–Crippen LogP) is 4.30. The lowest BCUT2D eigenvalue weighted by atomic mass is 10.1. The number of halogens is 1. The summed E-state index contributed by atoms with van der Waals surface area (Å²) in [7, 11) is 0. The van der Waals surface area contributed by atoms with E-state index >= 15 is 0 Å². The Hall–Kier alpha value is -3.65. The van der Waals surface area contributed by atoms with Crippen LogP contribution in [0.15, 0.2) is 60.7 Å².